The third-order valence-electron chi connectivity index (χ3n) is 2.14. The molecule has 0 aliphatic rings. The molecular formula is C10H13N5. The van der Waals surface area contributed by atoms with Gasteiger partial charge in [-0.15, -0.1) is 10.2 Å². The highest BCUT2D eigenvalue weighted by Gasteiger charge is 2.05. The lowest BCUT2D eigenvalue weighted by molar-refractivity contribution is 0.653. The third-order valence-corrected chi connectivity index (χ3v) is 2.14. The van der Waals surface area contributed by atoms with E-state index >= 15 is 0 Å². The first-order valence-electron chi connectivity index (χ1n) is 4.90. The van der Waals surface area contributed by atoms with Gasteiger partial charge in [0.25, 0.3) is 0 Å². The molecule has 78 valence electrons. The summed E-state index contributed by atoms with van der Waals surface area (Å²) in [7, 11) is 0. The summed E-state index contributed by atoms with van der Waals surface area (Å²) < 4.78 is 1.99. The number of rotatable bonds is 4. The average molecular weight is 203 g/mol. The van der Waals surface area contributed by atoms with Gasteiger partial charge in [-0.25, -0.2) is 0 Å². The van der Waals surface area contributed by atoms with Crippen LogP contribution in [0.4, 0.5) is 0 Å². The summed E-state index contributed by atoms with van der Waals surface area (Å²) in [5.74, 6) is 0.844. The summed E-state index contributed by atoms with van der Waals surface area (Å²) in [5.41, 5.74) is 6.45. The standard InChI is InChI=1S/C10H13N5/c11-4-2-6-15-8-13-14-10(15)9-3-1-5-12-7-9/h1,3,5,7-8H,2,4,6,11H2. The number of nitrogens with two attached hydrogens (primary N) is 1. The Balaban J connectivity index is 2.25. The quantitative estimate of drug-likeness (QED) is 0.793. The molecule has 5 nitrogen and oxygen atoms in total. The number of aromatic nitrogens is 4. The largest absolute Gasteiger partial charge is 0.330 e. The van der Waals surface area contributed by atoms with Gasteiger partial charge >= 0.3 is 0 Å². The molecular weight excluding hydrogens is 190 g/mol. The molecule has 0 aromatic carbocycles. The fourth-order valence-corrected chi connectivity index (χ4v) is 1.40. The zero-order valence-electron chi connectivity index (χ0n) is 8.37. The second-order valence-corrected chi connectivity index (χ2v) is 3.23. The van der Waals surface area contributed by atoms with Crippen molar-refractivity contribution in [2.75, 3.05) is 6.54 Å². The Morgan fingerprint density at radius 1 is 1.40 bits per heavy atom. The van der Waals surface area contributed by atoms with E-state index in [1.807, 2.05) is 16.7 Å². The fourth-order valence-electron chi connectivity index (χ4n) is 1.40. The van der Waals surface area contributed by atoms with Crippen LogP contribution in [-0.4, -0.2) is 26.3 Å². The second kappa shape index (κ2) is 4.65. The smallest absolute Gasteiger partial charge is 0.165 e. The highest BCUT2D eigenvalue weighted by atomic mass is 15.3. The highest BCUT2D eigenvalue weighted by molar-refractivity contribution is 5.52. The van der Waals surface area contributed by atoms with Gasteiger partial charge in [0.05, 0.1) is 0 Å². The SMILES string of the molecule is NCCCn1cnnc1-c1cccnc1. The lowest BCUT2D eigenvalue weighted by Gasteiger charge is -2.04. The molecule has 0 bridgehead atoms. The molecule has 5 heteroatoms. The molecule has 0 aliphatic carbocycles. The summed E-state index contributed by atoms with van der Waals surface area (Å²) >= 11 is 0. The molecule has 0 atom stereocenters. The van der Waals surface area contributed by atoms with Gasteiger partial charge in [-0.1, -0.05) is 0 Å². The summed E-state index contributed by atoms with van der Waals surface area (Å²) in [6.45, 7) is 1.51. The van der Waals surface area contributed by atoms with Crippen LogP contribution >= 0.6 is 0 Å². The van der Waals surface area contributed by atoms with E-state index in [2.05, 4.69) is 15.2 Å². The van der Waals surface area contributed by atoms with Crippen molar-refractivity contribution in [1.29, 1.82) is 0 Å². The van der Waals surface area contributed by atoms with Crippen LogP contribution in [0.1, 0.15) is 6.42 Å². The minimum absolute atomic E-state index is 0.671. The Kier molecular flexibility index (Phi) is 3.04. The maximum absolute atomic E-state index is 5.47. The molecule has 0 unspecified atom stereocenters. The van der Waals surface area contributed by atoms with Crippen molar-refractivity contribution < 1.29 is 0 Å². The molecule has 15 heavy (non-hydrogen) atoms. The first-order valence-corrected chi connectivity index (χ1v) is 4.90. The van der Waals surface area contributed by atoms with Gasteiger partial charge in [-0.2, -0.15) is 0 Å². The van der Waals surface area contributed by atoms with Crippen molar-refractivity contribution in [2.45, 2.75) is 13.0 Å². The molecule has 2 N–H and O–H groups in total. The lowest BCUT2D eigenvalue weighted by Crippen LogP contribution is -2.06. The normalized spacial score (nSPS) is 10.5. The predicted molar refractivity (Wildman–Crippen MR) is 56.9 cm³/mol. The lowest BCUT2D eigenvalue weighted by atomic mass is 10.2. The van der Waals surface area contributed by atoms with Crippen molar-refractivity contribution in [3.63, 3.8) is 0 Å². The molecule has 2 rings (SSSR count). The summed E-state index contributed by atoms with van der Waals surface area (Å²) in [4.78, 5) is 4.06. The van der Waals surface area contributed by atoms with Crippen LogP contribution < -0.4 is 5.73 Å². The predicted octanol–water partition coefficient (Wildman–Crippen LogP) is 0.689. The second-order valence-electron chi connectivity index (χ2n) is 3.23. The maximum Gasteiger partial charge on any atom is 0.165 e. The van der Waals surface area contributed by atoms with Gasteiger partial charge in [0, 0.05) is 24.5 Å². The number of nitrogens with zero attached hydrogens (tertiary/aromatic N) is 4. The Bertz CT molecular complexity index is 409. The monoisotopic (exact) mass is 203 g/mol. The highest BCUT2D eigenvalue weighted by Crippen LogP contribution is 2.14. The zero-order valence-corrected chi connectivity index (χ0v) is 8.37. The summed E-state index contributed by atoms with van der Waals surface area (Å²) in [6.07, 6.45) is 6.16. The Morgan fingerprint density at radius 3 is 3.07 bits per heavy atom. The zero-order chi connectivity index (χ0) is 10.5. The van der Waals surface area contributed by atoms with Crippen LogP contribution in [0.15, 0.2) is 30.9 Å². The van der Waals surface area contributed by atoms with Crippen LogP contribution in [0.3, 0.4) is 0 Å². The minimum Gasteiger partial charge on any atom is -0.330 e. The molecule has 0 saturated heterocycles. The van der Waals surface area contributed by atoms with Crippen LogP contribution in [0.2, 0.25) is 0 Å². The fraction of sp³-hybridized carbons (Fsp3) is 0.300. The van der Waals surface area contributed by atoms with Crippen molar-refractivity contribution in [2.24, 2.45) is 5.73 Å². The van der Waals surface area contributed by atoms with E-state index in [1.165, 1.54) is 0 Å². The van der Waals surface area contributed by atoms with E-state index in [1.54, 1.807) is 18.7 Å². The van der Waals surface area contributed by atoms with Crippen LogP contribution in [0.5, 0.6) is 0 Å². The maximum atomic E-state index is 5.47. The van der Waals surface area contributed by atoms with Crippen molar-refractivity contribution in [3.05, 3.63) is 30.9 Å². The van der Waals surface area contributed by atoms with E-state index in [0.717, 1.165) is 24.4 Å². The molecule has 2 heterocycles. The number of hydrogen-bond donors (Lipinski definition) is 1. The molecule has 0 radical (unpaired) electrons. The van der Waals surface area contributed by atoms with E-state index in [0.29, 0.717) is 6.54 Å². The van der Waals surface area contributed by atoms with Gasteiger partial charge in [0.15, 0.2) is 5.82 Å². The van der Waals surface area contributed by atoms with Gasteiger partial charge in [0.1, 0.15) is 6.33 Å². The molecule has 0 fully saturated rings. The van der Waals surface area contributed by atoms with Crippen LogP contribution in [-0.2, 0) is 6.54 Å². The van der Waals surface area contributed by atoms with Gasteiger partial charge in [-0.3, -0.25) is 4.98 Å². The average Bonchev–Trinajstić information content (AvgIpc) is 2.75. The Labute approximate surface area is 88.0 Å². The Morgan fingerprint density at radius 2 is 2.33 bits per heavy atom. The molecule has 0 spiro atoms. The first-order chi connectivity index (χ1) is 7.42. The molecule has 2 aromatic heterocycles. The third kappa shape index (κ3) is 2.19. The van der Waals surface area contributed by atoms with Gasteiger partial charge < -0.3 is 10.3 Å². The molecule has 2 aromatic rings. The summed E-state index contributed by atoms with van der Waals surface area (Å²) in [6, 6.07) is 3.85. The van der Waals surface area contributed by atoms with Crippen LogP contribution in [0, 0.1) is 0 Å². The number of pyridine rings is 1. The van der Waals surface area contributed by atoms with Crippen LogP contribution in [0.25, 0.3) is 11.4 Å². The first kappa shape index (κ1) is 9.79. The van der Waals surface area contributed by atoms with Crippen molar-refractivity contribution in [1.82, 2.24) is 19.7 Å². The van der Waals surface area contributed by atoms with Gasteiger partial charge in [0.2, 0.25) is 0 Å². The molecule has 0 aliphatic heterocycles. The van der Waals surface area contributed by atoms with Crippen molar-refractivity contribution >= 4 is 0 Å². The topological polar surface area (TPSA) is 69.6 Å². The van der Waals surface area contributed by atoms with E-state index in [4.69, 9.17) is 5.73 Å². The Hall–Kier alpha value is -1.75. The molecule has 0 amide bonds. The molecule has 0 saturated carbocycles. The van der Waals surface area contributed by atoms with E-state index in [9.17, 15) is 0 Å². The van der Waals surface area contributed by atoms with Gasteiger partial charge in [-0.05, 0) is 25.1 Å². The summed E-state index contributed by atoms with van der Waals surface area (Å²) in [5, 5.41) is 7.97. The number of aryl methyl sites for hydroxylation is 1. The number of hydrogen-bond acceptors (Lipinski definition) is 4. The van der Waals surface area contributed by atoms with E-state index < -0.39 is 0 Å². The van der Waals surface area contributed by atoms with Crippen molar-refractivity contribution in [3.8, 4) is 11.4 Å². The van der Waals surface area contributed by atoms with E-state index in [-0.39, 0.29) is 0 Å². The minimum atomic E-state index is 0.671.